The molecule has 158 valence electrons. The third-order valence-corrected chi connectivity index (χ3v) is 6.40. The molecule has 4 rings (SSSR count). The van der Waals surface area contributed by atoms with Crippen molar-refractivity contribution in [2.24, 2.45) is 4.99 Å². The van der Waals surface area contributed by atoms with Gasteiger partial charge in [0.05, 0.1) is 38.2 Å². The highest BCUT2D eigenvalue weighted by molar-refractivity contribution is 7.07. The van der Waals surface area contributed by atoms with Crippen molar-refractivity contribution >= 4 is 17.0 Å². The van der Waals surface area contributed by atoms with Gasteiger partial charge >= 0.3 is 0 Å². The number of aromatic nitrogens is 1. The summed E-state index contributed by atoms with van der Waals surface area (Å²) >= 11 is 1.65. The minimum Gasteiger partial charge on any atom is -0.497 e. The summed E-state index contributed by atoms with van der Waals surface area (Å²) in [6.45, 7) is 5.83. The van der Waals surface area contributed by atoms with Gasteiger partial charge in [0.1, 0.15) is 11.5 Å². The van der Waals surface area contributed by atoms with Crippen molar-refractivity contribution in [2.75, 3.05) is 20.8 Å². The van der Waals surface area contributed by atoms with E-state index in [-0.39, 0.29) is 6.10 Å². The van der Waals surface area contributed by atoms with Gasteiger partial charge in [0.25, 0.3) is 0 Å². The van der Waals surface area contributed by atoms with E-state index in [1.54, 1.807) is 25.6 Å². The second-order valence-electron chi connectivity index (χ2n) is 7.57. The molecule has 0 bridgehead atoms. The Labute approximate surface area is 181 Å². The number of benzene rings is 2. The molecule has 0 spiro atoms. The predicted octanol–water partition coefficient (Wildman–Crippen LogP) is 5.26. The van der Waals surface area contributed by atoms with Crippen LogP contribution in [0.2, 0.25) is 0 Å². The molecule has 0 N–H and O–H groups in total. The molecule has 1 aliphatic rings. The van der Waals surface area contributed by atoms with Crippen LogP contribution in [0, 0.1) is 13.8 Å². The lowest BCUT2D eigenvalue weighted by atomic mass is 10.1. The monoisotopic (exact) mass is 424 g/mol. The first-order valence-corrected chi connectivity index (χ1v) is 11.1. The molecule has 0 radical (unpaired) electrons. The zero-order chi connectivity index (χ0) is 21.1. The van der Waals surface area contributed by atoms with Crippen LogP contribution in [0.4, 0.5) is 5.69 Å². The maximum Gasteiger partial charge on any atom is 0.190 e. The maximum absolute atomic E-state index is 5.95. The van der Waals surface area contributed by atoms with Crippen molar-refractivity contribution in [2.45, 2.75) is 39.3 Å². The molecule has 1 fully saturated rings. The fourth-order valence-corrected chi connectivity index (χ4v) is 4.81. The minimum absolute atomic E-state index is 0.208. The maximum atomic E-state index is 5.95. The highest BCUT2D eigenvalue weighted by Crippen LogP contribution is 2.34. The smallest absolute Gasteiger partial charge is 0.190 e. The molecule has 1 unspecified atom stereocenters. The van der Waals surface area contributed by atoms with Crippen molar-refractivity contribution < 1.29 is 14.2 Å². The fraction of sp³-hybridized carbons (Fsp3) is 0.375. The lowest BCUT2D eigenvalue weighted by Gasteiger charge is -2.16. The van der Waals surface area contributed by atoms with Crippen LogP contribution in [0.1, 0.15) is 24.0 Å². The molecular weight excluding hydrogens is 396 g/mol. The van der Waals surface area contributed by atoms with E-state index in [1.807, 2.05) is 12.1 Å². The average Bonchev–Trinajstić information content (AvgIpc) is 3.41. The number of rotatable bonds is 6. The number of aryl methyl sites for hydroxylation is 2. The number of nitrogens with zero attached hydrogens (tertiary/aromatic N) is 2. The SMILES string of the molecule is COc1ccc(-c2csc(=Nc3c(C)cccc3C)n2CC2CCCO2)c(OC)c1. The Morgan fingerprint density at radius 2 is 1.93 bits per heavy atom. The molecule has 2 heterocycles. The second kappa shape index (κ2) is 9.06. The first kappa shape index (κ1) is 20.7. The van der Waals surface area contributed by atoms with E-state index in [2.05, 4.69) is 48.1 Å². The molecule has 0 amide bonds. The molecule has 0 saturated carbocycles. The molecule has 2 aromatic carbocycles. The van der Waals surface area contributed by atoms with Crippen LogP contribution in [0.3, 0.4) is 0 Å². The lowest BCUT2D eigenvalue weighted by Crippen LogP contribution is -2.24. The van der Waals surface area contributed by atoms with Gasteiger partial charge in [0.15, 0.2) is 4.80 Å². The van der Waals surface area contributed by atoms with Crippen LogP contribution in [0.5, 0.6) is 11.5 Å². The molecule has 1 saturated heterocycles. The number of thiazole rings is 1. The van der Waals surface area contributed by atoms with Crippen LogP contribution in [0.15, 0.2) is 46.8 Å². The van der Waals surface area contributed by atoms with E-state index in [1.165, 1.54) is 11.1 Å². The van der Waals surface area contributed by atoms with Crippen LogP contribution >= 0.6 is 11.3 Å². The summed E-state index contributed by atoms with van der Waals surface area (Å²) in [5.41, 5.74) is 5.50. The highest BCUT2D eigenvalue weighted by Gasteiger charge is 2.20. The van der Waals surface area contributed by atoms with E-state index < -0.39 is 0 Å². The first-order valence-electron chi connectivity index (χ1n) is 10.2. The highest BCUT2D eigenvalue weighted by atomic mass is 32.1. The third-order valence-electron chi connectivity index (χ3n) is 5.54. The van der Waals surface area contributed by atoms with Gasteiger partial charge in [-0.2, -0.15) is 0 Å². The number of hydrogen-bond donors (Lipinski definition) is 0. The standard InChI is InChI=1S/C24H28N2O3S/c1-16-7-5-8-17(2)23(16)25-24-26(14-19-9-6-12-29-19)21(15-30-24)20-11-10-18(27-3)13-22(20)28-4/h5,7-8,10-11,13,15,19H,6,9,12,14H2,1-4H3. The number of para-hydroxylation sites is 1. The van der Waals surface area contributed by atoms with Crippen molar-refractivity contribution in [3.63, 3.8) is 0 Å². The van der Waals surface area contributed by atoms with E-state index in [0.717, 1.165) is 59.2 Å². The number of hydrogen-bond acceptors (Lipinski definition) is 5. The number of methoxy groups -OCH3 is 2. The van der Waals surface area contributed by atoms with Crippen LogP contribution in [-0.4, -0.2) is 31.5 Å². The third kappa shape index (κ3) is 4.16. The van der Waals surface area contributed by atoms with Crippen molar-refractivity contribution in [3.8, 4) is 22.8 Å². The van der Waals surface area contributed by atoms with E-state index in [4.69, 9.17) is 19.2 Å². The van der Waals surface area contributed by atoms with Gasteiger partial charge in [0, 0.05) is 23.6 Å². The van der Waals surface area contributed by atoms with Crippen molar-refractivity contribution in [1.82, 2.24) is 4.57 Å². The largest absolute Gasteiger partial charge is 0.497 e. The molecule has 30 heavy (non-hydrogen) atoms. The summed E-state index contributed by atoms with van der Waals surface area (Å²) < 4.78 is 19.3. The van der Waals surface area contributed by atoms with Gasteiger partial charge in [-0.05, 0) is 49.9 Å². The van der Waals surface area contributed by atoms with Gasteiger partial charge < -0.3 is 18.8 Å². The van der Waals surface area contributed by atoms with Gasteiger partial charge in [-0.1, -0.05) is 18.2 Å². The molecule has 6 heteroatoms. The van der Waals surface area contributed by atoms with Crippen LogP contribution < -0.4 is 14.3 Å². The molecule has 3 aromatic rings. The summed E-state index contributed by atoms with van der Waals surface area (Å²) in [4.78, 5) is 6.05. The number of ether oxygens (including phenoxy) is 3. The summed E-state index contributed by atoms with van der Waals surface area (Å²) in [6.07, 6.45) is 2.39. The Morgan fingerprint density at radius 3 is 2.60 bits per heavy atom. The van der Waals surface area contributed by atoms with Crippen molar-refractivity contribution in [3.05, 3.63) is 57.7 Å². The lowest BCUT2D eigenvalue weighted by molar-refractivity contribution is 0.0968. The topological polar surface area (TPSA) is 45.0 Å². The minimum atomic E-state index is 0.208. The Hall–Kier alpha value is -2.57. The Balaban J connectivity index is 1.87. The normalized spacial score (nSPS) is 16.8. The summed E-state index contributed by atoms with van der Waals surface area (Å²) in [6, 6.07) is 12.2. The average molecular weight is 425 g/mol. The molecule has 0 aliphatic carbocycles. The van der Waals surface area contributed by atoms with E-state index in [0.29, 0.717) is 0 Å². The van der Waals surface area contributed by atoms with E-state index >= 15 is 0 Å². The molecule has 1 aromatic heterocycles. The van der Waals surface area contributed by atoms with Gasteiger partial charge in [0.2, 0.25) is 0 Å². The molecule has 1 aliphatic heterocycles. The molecule has 5 nitrogen and oxygen atoms in total. The predicted molar refractivity (Wildman–Crippen MR) is 121 cm³/mol. The Kier molecular flexibility index (Phi) is 6.25. The van der Waals surface area contributed by atoms with Gasteiger partial charge in [-0.15, -0.1) is 11.3 Å². The van der Waals surface area contributed by atoms with E-state index in [9.17, 15) is 0 Å². The van der Waals surface area contributed by atoms with Crippen LogP contribution in [0.25, 0.3) is 11.3 Å². The first-order chi connectivity index (χ1) is 14.6. The summed E-state index contributed by atoms with van der Waals surface area (Å²) in [5, 5.41) is 2.16. The van der Waals surface area contributed by atoms with Crippen molar-refractivity contribution in [1.29, 1.82) is 0 Å². The molecule has 1 atom stereocenters. The molecular formula is C24H28N2O3S. The summed E-state index contributed by atoms with van der Waals surface area (Å²) in [5.74, 6) is 1.56. The van der Waals surface area contributed by atoms with Crippen LogP contribution in [-0.2, 0) is 11.3 Å². The Bertz CT molecular complexity index is 1070. The van der Waals surface area contributed by atoms with Gasteiger partial charge in [-0.25, -0.2) is 4.99 Å². The van der Waals surface area contributed by atoms with Gasteiger partial charge in [-0.3, -0.25) is 0 Å². The second-order valence-corrected chi connectivity index (χ2v) is 8.40. The fourth-order valence-electron chi connectivity index (χ4n) is 3.89. The zero-order valence-corrected chi connectivity index (χ0v) is 18.8. The quantitative estimate of drug-likeness (QED) is 0.542. The zero-order valence-electron chi connectivity index (χ0n) is 18.0. The Morgan fingerprint density at radius 1 is 1.13 bits per heavy atom. The summed E-state index contributed by atoms with van der Waals surface area (Å²) in [7, 11) is 3.36.